The fourth-order valence-electron chi connectivity index (χ4n) is 2.05. The van der Waals surface area contributed by atoms with Crippen molar-refractivity contribution in [3.63, 3.8) is 0 Å². The first-order valence-corrected chi connectivity index (χ1v) is 9.04. The molecular formula is C16H26NOSi. The maximum Gasteiger partial charge on any atom is 0.132 e. The Bertz CT molecular complexity index is 377. The summed E-state index contributed by atoms with van der Waals surface area (Å²) in [7, 11) is -0.684. The van der Waals surface area contributed by atoms with Crippen LogP contribution >= 0.6 is 0 Å². The molecule has 0 aliphatic carbocycles. The molecule has 0 saturated heterocycles. The van der Waals surface area contributed by atoms with Crippen LogP contribution in [-0.4, -0.2) is 45.8 Å². The number of ether oxygens (including phenoxy) is 1. The number of benzene rings is 1. The Hall–Kier alpha value is -0.903. The fourth-order valence-corrected chi connectivity index (χ4v) is 4.63. The average Bonchev–Trinajstić information content (AvgIpc) is 2.47. The maximum atomic E-state index is 5.71. The van der Waals surface area contributed by atoms with Crippen molar-refractivity contribution in [2.24, 2.45) is 0 Å². The number of hydrogen-bond donors (Lipinski definition) is 0. The second-order valence-electron chi connectivity index (χ2n) is 4.53. The van der Waals surface area contributed by atoms with Crippen LogP contribution in [0.3, 0.4) is 0 Å². The minimum atomic E-state index is -0.684. The Labute approximate surface area is 119 Å². The third-order valence-corrected chi connectivity index (χ3v) is 5.83. The lowest BCUT2D eigenvalue weighted by Crippen LogP contribution is -2.46. The van der Waals surface area contributed by atoms with Crippen molar-refractivity contribution in [2.75, 3.05) is 32.1 Å². The van der Waals surface area contributed by atoms with Crippen LogP contribution in [0.15, 0.2) is 30.8 Å². The first-order chi connectivity index (χ1) is 9.24. The summed E-state index contributed by atoms with van der Waals surface area (Å²) in [5, 5.41) is 1.45. The van der Waals surface area contributed by atoms with Crippen LogP contribution < -0.4 is 5.19 Å². The van der Waals surface area contributed by atoms with E-state index in [0.29, 0.717) is 0 Å². The third-order valence-electron chi connectivity index (χ3n) is 3.32. The summed E-state index contributed by atoms with van der Waals surface area (Å²) in [5.74, 6) is 0. The molecule has 19 heavy (non-hydrogen) atoms. The van der Waals surface area contributed by atoms with Crippen molar-refractivity contribution in [1.82, 2.24) is 4.90 Å². The Morgan fingerprint density at radius 2 is 2.00 bits per heavy atom. The molecule has 105 valence electrons. The highest BCUT2D eigenvalue weighted by atomic mass is 28.3. The van der Waals surface area contributed by atoms with E-state index in [2.05, 4.69) is 56.5 Å². The Morgan fingerprint density at radius 3 is 2.58 bits per heavy atom. The molecule has 1 rings (SSSR count). The van der Waals surface area contributed by atoms with Crippen LogP contribution in [0, 0.1) is 0 Å². The van der Waals surface area contributed by atoms with Gasteiger partial charge in [0, 0.05) is 12.8 Å². The molecular weight excluding hydrogens is 250 g/mol. The topological polar surface area (TPSA) is 12.5 Å². The van der Waals surface area contributed by atoms with Gasteiger partial charge >= 0.3 is 0 Å². The highest BCUT2D eigenvalue weighted by Gasteiger charge is 2.17. The zero-order valence-corrected chi connectivity index (χ0v) is 13.5. The summed E-state index contributed by atoms with van der Waals surface area (Å²) >= 11 is 0. The van der Waals surface area contributed by atoms with Gasteiger partial charge in [0.15, 0.2) is 0 Å². The smallest absolute Gasteiger partial charge is 0.132 e. The molecule has 1 aromatic carbocycles. The van der Waals surface area contributed by atoms with E-state index in [1.807, 2.05) is 6.08 Å². The predicted octanol–water partition coefficient (Wildman–Crippen LogP) is 2.49. The zero-order valence-electron chi connectivity index (χ0n) is 12.5. The van der Waals surface area contributed by atoms with Gasteiger partial charge < -0.3 is 9.64 Å². The van der Waals surface area contributed by atoms with Gasteiger partial charge in [-0.25, -0.2) is 0 Å². The first kappa shape index (κ1) is 16.2. The second-order valence-corrected chi connectivity index (χ2v) is 6.92. The predicted molar refractivity (Wildman–Crippen MR) is 86.2 cm³/mol. The molecule has 2 nitrogen and oxygen atoms in total. The normalized spacial score (nSPS) is 11.2. The van der Waals surface area contributed by atoms with Gasteiger partial charge in [0.05, 0.1) is 0 Å². The van der Waals surface area contributed by atoms with E-state index >= 15 is 0 Å². The monoisotopic (exact) mass is 276 g/mol. The van der Waals surface area contributed by atoms with Gasteiger partial charge in [-0.3, -0.25) is 0 Å². The van der Waals surface area contributed by atoms with Crippen LogP contribution in [0.5, 0.6) is 0 Å². The molecule has 0 amide bonds. The lowest BCUT2D eigenvalue weighted by atomic mass is 10.2. The van der Waals surface area contributed by atoms with Gasteiger partial charge in [0.2, 0.25) is 0 Å². The van der Waals surface area contributed by atoms with Gasteiger partial charge in [0.25, 0.3) is 0 Å². The molecule has 0 spiro atoms. The molecule has 0 aliphatic rings. The number of nitrogens with zero attached hydrogens (tertiary/aromatic N) is 1. The van der Waals surface area contributed by atoms with E-state index < -0.39 is 8.80 Å². The standard InChI is InChI=1S/C16H26NOSi/c1-5-15-10-9-11-16(12-15)19(14-18-8-4)13-17(6-2)7-3/h5,9-12H,1,6-8,13-14H2,2-4H3. The quantitative estimate of drug-likeness (QED) is 0.643. The highest BCUT2D eigenvalue weighted by Crippen LogP contribution is 2.01. The summed E-state index contributed by atoms with van der Waals surface area (Å²) < 4.78 is 5.71. The highest BCUT2D eigenvalue weighted by molar-refractivity contribution is 6.73. The Kier molecular flexibility index (Phi) is 7.71. The van der Waals surface area contributed by atoms with E-state index in [0.717, 1.165) is 32.1 Å². The maximum absolute atomic E-state index is 5.71. The molecule has 1 aromatic rings. The van der Waals surface area contributed by atoms with E-state index in [1.54, 1.807) is 0 Å². The van der Waals surface area contributed by atoms with Crippen molar-refractivity contribution in [3.05, 3.63) is 36.4 Å². The minimum Gasteiger partial charge on any atom is -0.385 e. The molecule has 0 atom stereocenters. The Morgan fingerprint density at radius 1 is 1.26 bits per heavy atom. The van der Waals surface area contributed by atoms with Gasteiger partial charge in [-0.2, -0.15) is 0 Å². The third kappa shape index (κ3) is 5.31. The molecule has 1 radical (unpaired) electrons. The number of rotatable bonds is 9. The molecule has 0 aliphatic heterocycles. The van der Waals surface area contributed by atoms with E-state index in [9.17, 15) is 0 Å². The van der Waals surface area contributed by atoms with Gasteiger partial charge in [-0.15, -0.1) is 0 Å². The Balaban J connectivity index is 2.84. The van der Waals surface area contributed by atoms with Crippen LogP contribution in [0.2, 0.25) is 0 Å². The minimum absolute atomic E-state index is 0.684. The van der Waals surface area contributed by atoms with Gasteiger partial charge in [-0.05, 0) is 31.7 Å². The lowest BCUT2D eigenvalue weighted by Gasteiger charge is -2.24. The molecule has 0 fully saturated rings. The van der Waals surface area contributed by atoms with Crippen LogP contribution in [-0.2, 0) is 4.74 Å². The summed E-state index contributed by atoms with van der Waals surface area (Å²) in [6.07, 6.45) is 3.96. The molecule has 0 aromatic heterocycles. The molecule has 0 bridgehead atoms. The average molecular weight is 276 g/mol. The molecule has 0 saturated carbocycles. The summed E-state index contributed by atoms with van der Waals surface area (Å²) in [6.45, 7) is 13.4. The summed E-state index contributed by atoms with van der Waals surface area (Å²) in [5.41, 5.74) is 1.20. The van der Waals surface area contributed by atoms with Crippen molar-refractivity contribution >= 4 is 20.1 Å². The molecule has 0 heterocycles. The van der Waals surface area contributed by atoms with E-state index in [4.69, 9.17) is 4.74 Å². The SMILES string of the molecule is C=Cc1cccc([Si](COCC)CN(CC)CC)c1. The van der Waals surface area contributed by atoms with Crippen molar-refractivity contribution in [3.8, 4) is 0 Å². The summed E-state index contributed by atoms with van der Waals surface area (Å²) in [4.78, 5) is 2.49. The van der Waals surface area contributed by atoms with Crippen molar-refractivity contribution in [1.29, 1.82) is 0 Å². The van der Waals surface area contributed by atoms with Gasteiger partial charge in [-0.1, -0.05) is 56.0 Å². The van der Waals surface area contributed by atoms with Crippen LogP contribution in [0.4, 0.5) is 0 Å². The molecule has 0 unspecified atom stereocenters. The summed E-state index contributed by atoms with van der Waals surface area (Å²) in [6, 6.07) is 8.74. The van der Waals surface area contributed by atoms with E-state index in [-0.39, 0.29) is 0 Å². The second kappa shape index (κ2) is 9.07. The largest absolute Gasteiger partial charge is 0.385 e. The molecule has 3 heteroatoms. The van der Waals surface area contributed by atoms with E-state index in [1.165, 1.54) is 10.8 Å². The van der Waals surface area contributed by atoms with Crippen LogP contribution in [0.1, 0.15) is 26.3 Å². The van der Waals surface area contributed by atoms with Crippen molar-refractivity contribution < 1.29 is 4.74 Å². The molecule has 0 N–H and O–H groups in total. The van der Waals surface area contributed by atoms with Gasteiger partial charge in [0.1, 0.15) is 8.80 Å². The van der Waals surface area contributed by atoms with Crippen LogP contribution in [0.25, 0.3) is 6.08 Å². The van der Waals surface area contributed by atoms with Crippen molar-refractivity contribution in [2.45, 2.75) is 20.8 Å². The lowest BCUT2D eigenvalue weighted by molar-refractivity contribution is 0.189. The first-order valence-electron chi connectivity index (χ1n) is 7.12. The number of hydrogen-bond acceptors (Lipinski definition) is 2. The fraction of sp³-hybridized carbons (Fsp3) is 0.500. The zero-order chi connectivity index (χ0) is 14.1.